The zero-order valence-corrected chi connectivity index (χ0v) is 8.42. The predicted molar refractivity (Wildman–Crippen MR) is 51.7 cm³/mol. The lowest BCUT2D eigenvalue weighted by Gasteiger charge is -2.10. The standard InChI is InChI=1S/C10H19NO2/c1-3-4-8-6-9(8)11-7(2)5-10(12)13/h7-9,11H,3-6H2,1-2H3,(H,12,13). The topological polar surface area (TPSA) is 49.3 Å². The molecule has 3 unspecified atom stereocenters. The van der Waals surface area contributed by atoms with Crippen LogP contribution in [0.3, 0.4) is 0 Å². The first-order chi connectivity index (χ1) is 6.13. The van der Waals surface area contributed by atoms with Gasteiger partial charge in [-0.2, -0.15) is 0 Å². The summed E-state index contributed by atoms with van der Waals surface area (Å²) in [7, 11) is 0. The number of carbonyl (C=O) groups is 1. The molecule has 3 nitrogen and oxygen atoms in total. The van der Waals surface area contributed by atoms with Crippen LogP contribution in [0.4, 0.5) is 0 Å². The molecule has 2 N–H and O–H groups in total. The molecule has 0 radical (unpaired) electrons. The number of hydrogen-bond acceptors (Lipinski definition) is 2. The Labute approximate surface area is 79.5 Å². The second-order valence-electron chi connectivity index (χ2n) is 4.06. The fraction of sp³-hybridized carbons (Fsp3) is 0.900. The molecular formula is C10H19NO2. The molecule has 0 aromatic rings. The van der Waals surface area contributed by atoms with Gasteiger partial charge in [0.2, 0.25) is 0 Å². The molecule has 1 rings (SSSR count). The summed E-state index contributed by atoms with van der Waals surface area (Å²) < 4.78 is 0. The van der Waals surface area contributed by atoms with E-state index in [1.54, 1.807) is 0 Å². The molecule has 0 aliphatic heterocycles. The van der Waals surface area contributed by atoms with Crippen molar-refractivity contribution in [1.82, 2.24) is 5.32 Å². The first kappa shape index (κ1) is 10.5. The molecule has 1 fully saturated rings. The molecule has 0 heterocycles. The van der Waals surface area contributed by atoms with Crippen molar-refractivity contribution in [2.75, 3.05) is 0 Å². The molecule has 3 heteroatoms. The van der Waals surface area contributed by atoms with E-state index in [2.05, 4.69) is 12.2 Å². The highest BCUT2D eigenvalue weighted by Gasteiger charge is 2.36. The van der Waals surface area contributed by atoms with Crippen LogP contribution in [0, 0.1) is 5.92 Å². The molecular weight excluding hydrogens is 166 g/mol. The van der Waals surface area contributed by atoms with Crippen LogP contribution >= 0.6 is 0 Å². The van der Waals surface area contributed by atoms with Gasteiger partial charge in [-0.3, -0.25) is 4.79 Å². The van der Waals surface area contributed by atoms with Gasteiger partial charge in [-0.15, -0.1) is 0 Å². The summed E-state index contributed by atoms with van der Waals surface area (Å²) in [4.78, 5) is 10.4. The fourth-order valence-corrected chi connectivity index (χ4v) is 1.83. The Morgan fingerprint density at radius 2 is 2.38 bits per heavy atom. The van der Waals surface area contributed by atoms with E-state index in [1.165, 1.54) is 19.3 Å². The van der Waals surface area contributed by atoms with Crippen LogP contribution in [-0.4, -0.2) is 23.2 Å². The number of hydrogen-bond donors (Lipinski definition) is 2. The third-order valence-electron chi connectivity index (χ3n) is 2.56. The van der Waals surface area contributed by atoms with Crippen LogP contribution in [0.25, 0.3) is 0 Å². The van der Waals surface area contributed by atoms with Gasteiger partial charge >= 0.3 is 5.97 Å². The molecule has 1 aliphatic carbocycles. The van der Waals surface area contributed by atoms with E-state index in [4.69, 9.17) is 5.11 Å². The molecule has 1 saturated carbocycles. The van der Waals surface area contributed by atoms with Crippen LogP contribution in [0.1, 0.15) is 39.5 Å². The van der Waals surface area contributed by atoms with Crippen molar-refractivity contribution < 1.29 is 9.90 Å². The van der Waals surface area contributed by atoms with Crippen LogP contribution in [0.5, 0.6) is 0 Å². The van der Waals surface area contributed by atoms with Crippen molar-refractivity contribution in [2.24, 2.45) is 5.92 Å². The van der Waals surface area contributed by atoms with Crippen molar-refractivity contribution in [1.29, 1.82) is 0 Å². The highest BCUT2D eigenvalue weighted by molar-refractivity contribution is 5.67. The lowest BCUT2D eigenvalue weighted by molar-refractivity contribution is -0.137. The molecule has 3 atom stereocenters. The Balaban J connectivity index is 2.09. The molecule has 0 amide bonds. The van der Waals surface area contributed by atoms with Crippen molar-refractivity contribution >= 4 is 5.97 Å². The highest BCUT2D eigenvalue weighted by atomic mass is 16.4. The zero-order chi connectivity index (χ0) is 9.84. The third-order valence-corrected chi connectivity index (χ3v) is 2.56. The smallest absolute Gasteiger partial charge is 0.304 e. The summed E-state index contributed by atoms with van der Waals surface area (Å²) in [6, 6.07) is 0.707. The first-order valence-corrected chi connectivity index (χ1v) is 5.11. The van der Waals surface area contributed by atoms with Gasteiger partial charge in [-0.25, -0.2) is 0 Å². The summed E-state index contributed by atoms with van der Waals surface area (Å²) in [5, 5.41) is 11.9. The van der Waals surface area contributed by atoms with E-state index >= 15 is 0 Å². The summed E-state index contributed by atoms with van der Waals surface area (Å²) in [5.41, 5.74) is 0. The molecule has 1 aliphatic rings. The Bertz CT molecular complexity index is 182. The number of nitrogens with one attached hydrogen (secondary N) is 1. The number of rotatable bonds is 6. The second-order valence-corrected chi connectivity index (χ2v) is 4.06. The normalized spacial score (nSPS) is 28.5. The third kappa shape index (κ3) is 3.77. The van der Waals surface area contributed by atoms with Gasteiger partial charge < -0.3 is 10.4 Å². The maximum absolute atomic E-state index is 10.4. The number of aliphatic carboxylic acids is 1. The monoisotopic (exact) mass is 185 g/mol. The van der Waals surface area contributed by atoms with Gasteiger partial charge in [0.05, 0.1) is 6.42 Å². The molecule has 0 aromatic carbocycles. The van der Waals surface area contributed by atoms with E-state index in [0.29, 0.717) is 6.04 Å². The SMILES string of the molecule is CCCC1CC1NC(C)CC(=O)O. The van der Waals surface area contributed by atoms with Crippen molar-refractivity contribution in [3.05, 3.63) is 0 Å². The highest BCUT2D eigenvalue weighted by Crippen LogP contribution is 2.34. The number of carboxylic acids is 1. The average Bonchev–Trinajstić information content (AvgIpc) is 2.66. The van der Waals surface area contributed by atoms with Gasteiger partial charge in [-0.05, 0) is 25.7 Å². The Kier molecular flexibility index (Phi) is 3.72. The largest absolute Gasteiger partial charge is 0.481 e. The van der Waals surface area contributed by atoms with E-state index in [0.717, 1.165) is 5.92 Å². The zero-order valence-electron chi connectivity index (χ0n) is 8.42. The van der Waals surface area contributed by atoms with Gasteiger partial charge in [0.15, 0.2) is 0 Å². The maximum Gasteiger partial charge on any atom is 0.304 e. The summed E-state index contributed by atoms with van der Waals surface area (Å²) in [6.07, 6.45) is 3.97. The number of carboxylic acid groups (broad SMARTS) is 1. The average molecular weight is 185 g/mol. The minimum absolute atomic E-state index is 0.115. The van der Waals surface area contributed by atoms with Crippen LogP contribution < -0.4 is 5.32 Å². The Morgan fingerprint density at radius 1 is 1.69 bits per heavy atom. The maximum atomic E-state index is 10.4. The Morgan fingerprint density at radius 3 is 2.92 bits per heavy atom. The van der Waals surface area contributed by atoms with E-state index in [-0.39, 0.29) is 12.5 Å². The molecule has 13 heavy (non-hydrogen) atoms. The van der Waals surface area contributed by atoms with E-state index in [1.807, 2.05) is 6.92 Å². The quantitative estimate of drug-likeness (QED) is 0.661. The lowest BCUT2D eigenvalue weighted by atomic mass is 10.2. The molecule has 76 valence electrons. The van der Waals surface area contributed by atoms with Crippen LogP contribution in [-0.2, 0) is 4.79 Å². The first-order valence-electron chi connectivity index (χ1n) is 5.11. The summed E-state index contributed by atoms with van der Waals surface area (Å²) in [5.74, 6) is 0.0916. The molecule has 0 spiro atoms. The van der Waals surface area contributed by atoms with Crippen molar-refractivity contribution in [2.45, 2.75) is 51.6 Å². The van der Waals surface area contributed by atoms with Gasteiger partial charge in [0, 0.05) is 12.1 Å². The van der Waals surface area contributed by atoms with E-state index in [9.17, 15) is 4.79 Å². The van der Waals surface area contributed by atoms with Crippen LogP contribution in [0.2, 0.25) is 0 Å². The summed E-state index contributed by atoms with van der Waals surface area (Å²) >= 11 is 0. The van der Waals surface area contributed by atoms with Crippen LogP contribution in [0.15, 0.2) is 0 Å². The minimum atomic E-state index is -0.715. The van der Waals surface area contributed by atoms with E-state index < -0.39 is 5.97 Å². The summed E-state index contributed by atoms with van der Waals surface area (Å²) in [6.45, 7) is 4.13. The van der Waals surface area contributed by atoms with Gasteiger partial charge in [-0.1, -0.05) is 13.3 Å². The minimum Gasteiger partial charge on any atom is -0.481 e. The van der Waals surface area contributed by atoms with Crippen molar-refractivity contribution in [3.8, 4) is 0 Å². The lowest BCUT2D eigenvalue weighted by Crippen LogP contribution is -2.31. The fourth-order valence-electron chi connectivity index (χ4n) is 1.83. The van der Waals surface area contributed by atoms with Crippen molar-refractivity contribution in [3.63, 3.8) is 0 Å². The Hall–Kier alpha value is -0.570. The molecule has 0 saturated heterocycles. The van der Waals surface area contributed by atoms with Gasteiger partial charge in [0.1, 0.15) is 0 Å². The molecule has 0 aromatic heterocycles. The molecule has 0 bridgehead atoms. The predicted octanol–water partition coefficient (Wildman–Crippen LogP) is 1.63. The second kappa shape index (κ2) is 4.61. The van der Waals surface area contributed by atoms with Gasteiger partial charge in [0.25, 0.3) is 0 Å².